The molecule has 0 bridgehead atoms. The predicted molar refractivity (Wildman–Crippen MR) is 46.8 cm³/mol. The van der Waals surface area contributed by atoms with Gasteiger partial charge < -0.3 is 4.89 Å². The number of benzene rings is 1. The van der Waals surface area contributed by atoms with E-state index < -0.39 is 8.03 Å². The van der Waals surface area contributed by atoms with Crippen molar-refractivity contribution in [3.8, 4) is 0 Å². The summed E-state index contributed by atoms with van der Waals surface area (Å²) in [6.07, 6.45) is 0. The molecule has 0 amide bonds. The molecule has 1 aromatic rings. The minimum atomic E-state index is -2.50. The Bertz CT molecular complexity index is 294. The zero-order valence-corrected chi connectivity index (χ0v) is 7.59. The summed E-state index contributed by atoms with van der Waals surface area (Å²) in [5.74, 6) is 0. The maximum absolute atomic E-state index is 10.6. The Kier molecular flexibility index (Phi) is 2.48. The Morgan fingerprint density at radius 1 is 1.27 bits per heavy atom. The number of hydrogen-bond donors (Lipinski definition) is 1. The van der Waals surface area contributed by atoms with Gasteiger partial charge in [-0.15, -0.1) is 0 Å². The standard InChI is InChI=1S/C8H11O2P/c1-6-3-4-8(11(9)10)5-7(6)2/h3-5,11H,1-2H3,(H,9,10). The first-order valence-corrected chi connectivity index (χ1v) is 4.77. The molecule has 1 N–H and O–H groups in total. The van der Waals surface area contributed by atoms with E-state index >= 15 is 0 Å². The highest BCUT2D eigenvalue weighted by Gasteiger charge is 1.99. The zero-order chi connectivity index (χ0) is 8.43. The molecule has 1 aromatic carbocycles. The number of aryl methyl sites for hydroxylation is 2. The summed E-state index contributed by atoms with van der Waals surface area (Å²) < 4.78 is 10.6. The topological polar surface area (TPSA) is 37.3 Å². The third-order valence-electron chi connectivity index (χ3n) is 1.75. The van der Waals surface area contributed by atoms with E-state index in [1.807, 2.05) is 19.9 Å². The highest BCUT2D eigenvalue weighted by atomic mass is 31.1. The van der Waals surface area contributed by atoms with Crippen LogP contribution in [0.15, 0.2) is 18.2 Å². The van der Waals surface area contributed by atoms with Crippen molar-refractivity contribution in [2.75, 3.05) is 0 Å². The Labute approximate surface area is 66.7 Å². The van der Waals surface area contributed by atoms with Gasteiger partial charge in [-0.1, -0.05) is 6.07 Å². The Hall–Kier alpha value is -0.590. The van der Waals surface area contributed by atoms with Crippen LogP contribution in [0.25, 0.3) is 0 Å². The van der Waals surface area contributed by atoms with Crippen molar-refractivity contribution in [2.24, 2.45) is 0 Å². The van der Waals surface area contributed by atoms with Gasteiger partial charge in [-0.25, -0.2) is 0 Å². The van der Waals surface area contributed by atoms with Crippen molar-refractivity contribution < 1.29 is 9.46 Å². The van der Waals surface area contributed by atoms with Gasteiger partial charge in [-0.2, -0.15) is 0 Å². The maximum atomic E-state index is 10.6. The molecule has 60 valence electrons. The summed E-state index contributed by atoms with van der Waals surface area (Å²) in [4.78, 5) is 8.79. The van der Waals surface area contributed by atoms with Gasteiger partial charge in [0.15, 0.2) is 0 Å². The van der Waals surface area contributed by atoms with Crippen molar-refractivity contribution in [1.29, 1.82) is 0 Å². The van der Waals surface area contributed by atoms with Gasteiger partial charge in [-0.05, 0) is 37.1 Å². The molecule has 0 aromatic heterocycles. The second-order valence-corrected chi connectivity index (χ2v) is 3.79. The lowest BCUT2D eigenvalue weighted by molar-refractivity contribution is 0.513. The summed E-state index contributed by atoms with van der Waals surface area (Å²) >= 11 is 0. The quantitative estimate of drug-likeness (QED) is 0.647. The first-order valence-electron chi connectivity index (χ1n) is 3.42. The van der Waals surface area contributed by atoms with Crippen molar-refractivity contribution >= 4 is 13.3 Å². The van der Waals surface area contributed by atoms with Crippen molar-refractivity contribution in [3.05, 3.63) is 29.3 Å². The van der Waals surface area contributed by atoms with E-state index in [0.717, 1.165) is 11.1 Å². The number of rotatable bonds is 1. The predicted octanol–water partition coefficient (Wildman–Crippen LogP) is 1.40. The fourth-order valence-corrected chi connectivity index (χ4v) is 1.44. The van der Waals surface area contributed by atoms with E-state index in [9.17, 15) is 4.57 Å². The van der Waals surface area contributed by atoms with Gasteiger partial charge >= 0.3 is 0 Å². The summed E-state index contributed by atoms with van der Waals surface area (Å²) in [6, 6.07) is 5.32. The summed E-state index contributed by atoms with van der Waals surface area (Å²) in [7, 11) is -2.50. The summed E-state index contributed by atoms with van der Waals surface area (Å²) in [5, 5.41) is 0.540. The fraction of sp³-hybridized carbons (Fsp3) is 0.250. The molecule has 0 radical (unpaired) electrons. The molecule has 0 aliphatic rings. The Morgan fingerprint density at radius 2 is 1.91 bits per heavy atom. The van der Waals surface area contributed by atoms with E-state index in [-0.39, 0.29) is 0 Å². The highest BCUT2D eigenvalue weighted by Crippen LogP contribution is 2.15. The molecule has 1 rings (SSSR count). The van der Waals surface area contributed by atoms with Gasteiger partial charge in [0.25, 0.3) is 0 Å². The number of hydrogen-bond acceptors (Lipinski definition) is 1. The largest absolute Gasteiger partial charge is 0.343 e. The van der Waals surface area contributed by atoms with Gasteiger partial charge in [0.2, 0.25) is 8.03 Å². The lowest BCUT2D eigenvalue weighted by Crippen LogP contribution is -1.97. The van der Waals surface area contributed by atoms with Gasteiger partial charge in [0, 0.05) is 5.30 Å². The van der Waals surface area contributed by atoms with E-state index in [0.29, 0.717) is 5.30 Å². The molecule has 0 aliphatic carbocycles. The minimum Gasteiger partial charge on any atom is -0.343 e. The molecule has 0 heterocycles. The van der Waals surface area contributed by atoms with Crippen LogP contribution in [0.1, 0.15) is 11.1 Å². The third kappa shape index (κ3) is 1.92. The first-order chi connectivity index (χ1) is 5.11. The molecule has 0 aliphatic heterocycles. The van der Waals surface area contributed by atoms with Crippen LogP contribution in [0.5, 0.6) is 0 Å². The maximum Gasteiger partial charge on any atom is 0.218 e. The normalized spacial score (nSPS) is 13.0. The van der Waals surface area contributed by atoms with Crippen molar-refractivity contribution in [3.63, 3.8) is 0 Å². The van der Waals surface area contributed by atoms with Gasteiger partial charge in [0.05, 0.1) is 0 Å². The van der Waals surface area contributed by atoms with E-state index in [1.165, 1.54) is 0 Å². The van der Waals surface area contributed by atoms with E-state index in [1.54, 1.807) is 12.1 Å². The lowest BCUT2D eigenvalue weighted by Gasteiger charge is -2.00. The van der Waals surface area contributed by atoms with Crippen LogP contribution in [-0.2, 0) is 4.57 Å². The monoisotopic (exact) mass is 170 g/mol. The lowest BCUT2D eigenvalue weighted by atomic mass is 10.1. The van der Waals surface area contributed by atoms with Gasteiger partial charge in [0.1, 0.15) is 0 Å². The van der Waals surface area contributed by atoms with Crippen molar-refractivity contribution in [1.82, 2.24) is 0 Å². The summed E-state index contributed by atoms with van der Waals surface area (Å²) in [5.41, 5.74) is 2.21. The van der Waals surface area contributed by atoms with Crippen LogP contribution in [0, 0.1) is 13.8 Å². The van der Waals surface area contributed by atoms with Crippen LogP contribution < -0.4 is 5.30 Å². The molecule has 0 fully saturated rings. The molecule has 11 heavy (non-hydrogen) atoms. The summed E-state index contributed by atoms with van der Waals surface area (Å²) in [6.45, 7) is 3.91. The molecule has 2 nitrogen and oxygen atoms in total. The van der Waals surface area contributed by atoms with E-state index in [4.69, 9.17) is 4.89 Å². The SMILES string of the molecule is Cc1ccc([PH](=O)O)cc1C. The van der Waals surface area contributed by atoms with Crippen LogP contribution in [-0.4, -0.2) is 4.89 Å². The zero-order valence-electron chi connectivity index (χ0n) is 6.59. The molecule has 1 unspecified atom stereocenters. The second-order valence-electron chi connectivity index (χ2n) is 2.60. The smallest absolute Gasteiger partial charge is 0.218 e. The van der Waals surface area contributed by atoms with Gasteiger partial charge in [-0.3, -0.25) is 4.57 Å². The van der Waals surface area contributed by atoms with Crippen LogP contribution in [0.2, 0.25) is 0 Å². The first kappa shape index (κ1) is 8.51. The van der Waals surface area contributed by atoms with Crippen molar-refractivity contribution in [2.45, 2.75) is 13.8 Å². The minimum absolute atomic E-state index is 0.540. The molecule has 0 saturated carbocycles. The van der Waals surface area contributed by atoms with E-state index in [2.05, 4.69) is 0 Å². The molecular weight excluding hydrogens is 159 g/mol. The molecule has 1 atom stereocenters. The Balaban J connectivity index is 3.15. The van der Waals surface area contributed by atoms with Crippen LogP contribution >= 0.6 is 8.03 Å². The third-order valence-corrected chi connectivity index (χ3v) is 2.56. The molecule has 0 spiro atoms. The van der Waals surface area contributed by atoms with Crippen LogP contribution in [0.3, 0.4) is 0 Å². The Morgan fingerprint density at radius 3 is 2.36 bits per heavy atom. The molecule has 0 saturated heterocycles. The average molecular weight is 170 g/mol. The van der Waals surface area contributed by atoms with Crippen LogP contribution in [0.4, 0.5) is 0 Å². The fourth-order valence-electron chi connectivity index (χ4n) is 0.874. The second kappa shape index (κ2) is 3.21. The molecule has 3 heteroatoms. The molecular formula is C8H11O2P. The highest BCUT2D eigenvalue weighted by molar-refractivity contribution is 7.47. The average Bonchev–Trinajstić information content (AvgIpc) is 1.94.